The lowest BCUT2D eigenvalue weighted by Crippen LogP contribution is -2.50. The molecule has 3 heterocycles. The second-order valence-electron chi connectivity index (χ2n) is 6.75. The highest BCUT2D eigenvalue weighted by Gasteiger charge is 2.39. The first-order valence-electron chi connectivity index (χ1n) is 8.67. The van der Waals surface area contributed by atoms with Gasteiger partial charge in [-0.3, -0.25) is 9.69 Å². The van der Waals surface area contributed by atoms with Crippen LogP contribution in [0.2, 0.25) is 5.02 Å². The summed E-state index contributed by atoms with van der Waals surface area (Å²) in [5, 5.41) is 0.705. The summed E-state index contributed by atoms with van der Waals surface area (Å²) in [4.78, 5) is 17.6. The summed E-state index contributed by atoms with van der Waals surface area (Å²) in [5.41, 5.74) is 2.25. The second kappa shape index (κ2) is 6.42. The maximum absolute atomic E-state index is 13.2. The standard InChI is InChI=1S/C18H23ClN2O2/c19-14-4-3-13-5-9-21(17(13)12-14)18(22)16-2-1-8-20(16)15-6-10-23-11-7-15/h3-4,12,15-16H,1-2,5-11H2. The van der Waals surface area contributed by atoms with Gasteiger partial charge in [0.2, 0.25) is 5.91 Å². The van der Waals surface area contributed by atoms with Gasteiger partial charge in [0, 0.05) is 36.5 Å². The SMILES string of the molecule is O=C(C1CCCN1C1CCOCC1)N1CCc2ccc(Cl)cc21. The smallest absolute Gasteiger partial charge is 0.244 e. The Morgan fingerprint density at radius 1 is 1.17 bits per heavy atom. The first-order valence-corrected chi connectivity index (χ1v) is 9.05. The van der Waals surface area contributed by atoms with Crippen LogP contribution in [0.15, 0.2) is 18.2 Å². The van der Waals surface area contributed by atoms with Crippen LogP contribution in [0.25, 0.3) is 0 Å². The molecule has 3 aliphatic heterocycles. The molecule has 2 fully saturated rings. The number of benzene rings is 1. The van der Waals surface area contributed by atoms with Crippen LogP contribution in [-0.2, 0) is 16.0 Å². The highest BCUT2D eigenvalue weighted by molar-refractivity contribution is 6.31. The Bertz CT molecular complexity index is 601. The molecule has 0 aliphatic carbocycles. The molecule has 3 aliphatic rings. The Balaban J connectivity index is 1.54. The summed E-state index contributed by atoms with van der Waals surface area (Å²) in [6.45, 7) is 3.47. The van der Waals surface area contributed by atoms with E-state index < -0.39 is 0 Å². The molecule has 124 valence electrons. The Morgan fingerprint density at radius 2 is 2.00 bits per heavy atom. The number of nitrogens with zero attached hydrogens (tertiary/aromatic N) is 2. The van der Waals surface area contributed by atoms with Crippen molar-refractivity contribution in [3.05, 3.63) is 28.8 Å². The van der Waals surface area contributed by atoms with E-state index in [4.69, 9.17) is 16.3 Å². The third-order valence-corrected chi connectivity index (χ3v) is 5.68. The molecule has 2 saturated heterocycles. The minimum Gasteiger partial charge on any atom is -0.381 e. The van der Waals surface area contributed by atoms with Crippen LogP contribution in [0.1, 0.15) is 31.2 Å². The van der Waals surface area contributed by atoms with Crippen LogP contribution < -0.4 is 4.90 Å². The summed E-state index contributed by atoms with van der Waals surface area (Å²) in [7, 11) is 0. The van der Waals surface area contributed by atoms with Gasteiger partial charge in [-0.15, -0.1) is 0 Å². The lowest BCUT2D eigenvalue weighted by molar-refractivity contribution is -0.124. The molecule has 0 bridgehead atoms. The fraction of sp³-hybridized carbons (Fsp3) is 0.611. The van der Waals surface area contributed by atoms with Gasteiger partial charge < -0.3 is 9.64 Å². The molecule has 1 aromatic carbocycles. The second-order valence-corrected chi connectivity index (χ2v) is 7.19. The van der Waals surface area contributed by atoms with Gasteiger partial charge in [0.15, 0.2) is 0 Å². The monoisotopic (exact) mass is 334 g/mol. The van der Waals surface area contributed by atoms with Crippen molar-refractivity contribution >= 4 is 23.2 Å². The number of amides is 1. The lowest BCUT2D eigenvalue weighted by Gasteiger charge is -2.36. The molecule has 1 unspecified atom stereocenters. The van der Waals surface area contributed by atoms with Crippen molar-refractivity contribution in [1.82, 2.24) is 4.90 Å². The molecule has 4 rings (SSSR count). The maximum atomic E-state index is 13.2. The van der Waals surface area contributed by atoms with Gasteiger partial charge in [0.25, 0.3) is 0 Å². The lowest BCUT2D eigenvalue weighted by atomic mass is 10.1. The normalized spacial score (nSPS) is 25.8. The van der Waals surface area contributed by atoms with Gasteiger partial charge in [-0.2, -0.15) is 0 Å². The van der Waals surface area contributed by atoms with Crippen LogP contribution >= 0.6 is 11.6 Å². The van der Waals surface area contributed by atoms with Crippen molar-refractivity contribution in [1.29, 1.82) is 0 Å². The molecule has 23 heavy (non-hydrogen) atoms. The van der Waals surface area contributed by atoms with E-state index in [1.165, 1.54) is 5.56 Å². The molecule has 4 nitrogen and oxygen atoms in total. The van der Waals surface area contributed by atoms with E-state index >= 15 is 0 Å². The van der Waals surface area contributed by atoms with Gasteiger partial charge in [-0.1, -0.05) is 17.7 Å². The zero-order valence-corrected chi connectivity index (χ0v) is 14.1. The predicted molar refractivity (Wildman–Crippen MR) is 91.1 cm³/mol. The van der Waals surface area contributed by atoms with Crippen molar-refractivity contribution in [2.45, 2.75) is 44.2 Å². The topological polar surface area (TPSA) is 32.8 Å². The Labute approximate surface area is 142 Å². The van der Waals surface area contributed by atoms with Crippen molar-refractivity contribution in [3.63, 3.8) is 0 Å². The van der Waals surface area contributed by atoms with Crippen molar-refractivity contribution in [2.24, 2.45) is 0 Å². The molecule has 1 atom stereocenters. The third-order valence-electron chi connectivity index (χ3n) is 5.45. The Morgan fingerprint density at radius 3 is 2.83 bits per heavy atom. The molecule has 0 spiro atoms. The van der Waals surface area contributed by atoms with E-state index in [0.29, 0.717) is 11.1 Å². The number of hydrogen-bond acceptors (Lipinski definition) is 3. The molecule has 1 aromatic rings. The van der Waals surface area contributed by atoms with Crippen molar-refractivity contribution in [2.75, 3.05) is 31.2 Å². The number of hydrogen-bond donors (Lipinski definition) is 0. The van der Waals surface area contributed by atoms with Gasteiger partial charge in [0.05, 0.1) is 6.04 Å². The number of ether oxygens (including phenoxy) is 1. The number of halogens is 1. The van der Waals surface area contributed by atoms with E-state index in [1.54, 1.807) is 0 Å². The van der Waals surface area contributed by atoms with Gasteiger partial charge in [-0.05, 0) is 56.3 Å². The first-order chi connectivity index (χ1) is 11.2. The fourth-order valence-corrected chi connectivity index (χ4v) is 4.44. The molecule has 0 saturated carbocycles. The largest absolute Gasteiger partial charge is 0.381 e. The van der Waals surface area contributed by atoms with Crippen LogP contribution in [0.5, 0.6) is 0 Å². The third kappa shape index (κ3) is 2.88. The van der Waals surface area contributed by atoms with E-state index in [-0.39, 0.29) is 11.9 Å². The zero-order valence-electron chi connectivity index (χ0n) is 13.3. The van der Waals surface area contributed by atoms with E-state index in [1.807, 2.05) is 17.0 Å². The number of rotatable bonds is 2. The molecular formula is C18H23ClN2O2. The minimum atomic E-state index is 0.0306. The summed E-state index contributed by atoms with van der Waals surface area (Å²) >= 11 is 6.14. The Hall–Kier alpha value is -1.10. The van der Waals surface area contributed by atoms with Gasteiger partial charge in [-0.25, -0.2) is 0 Å². The van der Waals surface area contributed by atoms with E-state index in [2.05, 4.69) is 11.0 Å². The molecular weight excluding hydrogens is 312 g/mol. The highest BCUT2D eigenvalue weighted by atomic mass is 35.5. The summed E-state index contributed by atoms with van der Waals surface area (Å²) < 4.78 is 5.48. The summed E-state index contributed by atoms with van der Waals surface area (Å²) in [6, 6.07) is 6.44. The average Bonchev–Trinajstić information content (AvgIpc) is 3.21. The zero-order chi connectivity index (χ0) is 15.8. The van der Waals surface area contributed by atoms with Gasteiger partial charge >= 0.3 is 0 Å². The number of carbonyl (C=O) groups is 1. The summed E-state index contributed by atoms with van der Waals surface area (Å²) in [6.07, 6.45) is 5.12. The van der Waals surface area contributed by atoms with E-state index in [9.17, 15) is 4.79 Å². The molecule has 0 aromatic heterocycles. The number of carbonyl (C=O) groups excluding carboxylic acids is 1. The average molecular weight is 335 g/mol. The van der Waals surface area contributed by atoms with Crippen LogP contribution in [0.3, 0.4) is 0 Å². The Kier molecular flexibility index (Phi) is 4.31. The molecule has 1 amide bonds. The van der Waals surface area contributed by atoms with Crippen molar-refractivity contribution in [3.8, 4) is 0 Å². The van der Waals surface area contributed by atoms with E-state index in [0.717, 1.165) is 64.1 Å². The van der Waals surface area contributed by atoms with Gasteiger partial charge in [0.1, 0.15) is 0 Å². The fourth-order valence-electron chi connectivity index (χ4n) is 4.27. The van der Waals surface area contributed by atoms with Crippen molar-refractivity contribution < 1.29 is 9.53 Å². The summed E-state index contributed by atoms with van der Waals surface area (Å²) in [5.74, 6) is 0.259. The molecule has 5 heteroatoms. The molecule has 0 N–H and O–H groups in total. The van der Waals surface area contributed by atoms with Crippen LogP contribution in [0, 0.1) is 0 Å². The maximum Gasteiger partial charge on any atom is 0.244 e. The molecule has 0 radical (unpaired) electrons. The first kappa shape index (κ1) is 15.4. The van der Waals surface area contributed by atoms with Crippen LogP contribution in [0.4, 0.5) is 5.69 Å². The number of fused-ring (bicyclic) bond motifs is 1. The highest BCUT2D eigenvalue weighted by Crippen LogP contribution is 2.34. The number of anilines is 1. The quantitative estimate of drug-likeness (QED) is 0.833. The number of likely N-dealkylation sites (tertiary alicyclic amines) is 1. The predicted octanol–water partition coefficient (Wildman–Crippen LogP) is 2.87. The van der Waals surface area contributed by atoms with Crippen LogP contribution in [-0.4, -0.2) is 49.2 Å². The minimum absolute atomic E-state index is 0.0306.